The van der Waals surface area contributed by atoms with Gasteiger partial charge in [0.25, 0.3) is 0 Å². The number of hydrogen-bond donors (Lipinski definition) is 1. The van der Waals surface area contributed by atoms with E-state index in [1.165, 1.54) is 179 Å². The monoisotopic (exact) mass is 737 g/mol. The van der Waals surface area contributed by atoms with Crippen molar-refractivity contribution in [3.8, 4) is 0 Å². The summed E-state index contributed by atoms with van der Waals surface area (Å²) in [6.45, 7) is 8.55. The van der Waals surface area contributed by atoms with E-state index in [1.54, 1.807) is 0 Å². The zero-order valence-corrected chi connectivity index (χ0v) is 35.2. The van der Waals surface area contributed by atoms with Crippen molar-refractivity contribution in [2.24, 2.45) is 5.92 Å². The molecule has 0 spiro atoms. The van der Waals surface area contributed by atoms with Gasteiger partial charge in [-0.3, -0.25) is 14.4 Å². The summed E-state index contributed by atoms with van der Waals surface area (Å²) in [5.41, 5.74) is 0. The first-order valence-electron chi connectivity index (χ1n) is 22.7. The molecule has 0 amide bonds. The minimum absolute atomic E-state index is 0.111. The molecule has 6 heteroatoms. The van der Waals surface area contributed by atoms with Crippen LogP contribution in [0.1, 0.15) is 259 Å². The third-order valence-corrected chi connectivity index (χ3v) is 10.2. The van der Waals surface area contributed by atoms with E-state index >= 15 is 0 Å². The average molecular weight is 737 g/mol. The number of carbonyl (C=O) groups excluding carboxylic acids is 2. The van der Waals surface area contributed by atoms with Crippen LogP contribution in [0.2, 0.25) is 0 Å². The van der Waals surface area contributed by atoms with Crippen LogP contribution < -0.4 is 0 Å². The molecule has 0 aromatic heterocycles. The predicted octanol–water partition coefficient (Wildman–Crippen LogP) is 15.4. The fraction of sp³-hybridized carbons (Fsp3) is 0.891. The van der Waals surface area contributed by atoms with Crippen molar-refractivity contribution in [3.63, 3.8) is 0 Å². The van der Waals surface area contributed by atoms with Gasteiger partial charge in [-0.15, -0.1) is 0 Å². The van der Waals surface area contributed by atoms with Crippen molar-refractivity contribution in [2.75, 3.05) is 0 Å². The summed E-state index contributed by atoms with van der Waals surface area (Å²) in [7, 11) is 0. The molecule has 1 N–H and O–H groups in total. The first-order valence-corrected chi connectivity index (χ1v) is 22.7. The summed E-state index contributed by atoms with van der Waals surface area (Å²) >= 11 is 0. The molecule has 52 heavy (non-hydrogen) atoms. The highest BCUT2D eigenvalue weighted by molar-refractivity contribution is 5.71. The second-order valence-corrected chi connectivity index (χ2v) is 15.2. The molecule has 0 saturated heterocycles. The molecule has 0 rings (SSSR count). The maximum Gasteiger partial charge on any atom is 0.310 e. The largest absolute Gasteiger partial charge is 0.481 e. The summed E-state index contributed by atoms with van der Waals surface area (Å²) in [5, 5.41) is 8.60. The molecule has 0 aliphatic heterocycles. The van der Waals surface area contributed by atoms with Gasteiger partial charge in [0.05, 0.1) is 5.92 Å². The smallest absolute Gasteiger partial charge is 0.310 e. The molecule has 6 nitrogen and oxygen atoms in total. The van der Waals surface area contributed by atoms with Crippen molar-refractivity contribution in [1.82, 2.24) is 0 Å². The normalized spacial score (nSPS) is 11.7. The Hall–Kier alpha value is -1.85. The quantitative estimate of drug-likeness (QED) is 0.0384. The van der Waals surface area contributed by atoms with Crippen LogP contribution in [-0.4, -0.2) is 23.0 Å². The Morgan fingerprint density at radius 2 is 0.654 bits per heavy atom. The maximum absolute atomic E-state index is 11.8. The van der Waals surface area contributed by atoms with Gasteiger partial charge >= 0.3 is 17.9 Å². The summed E-state index contributed by atoms with van der Waals surface area (Å²) in [5.74, 6) is -1.25. The van der Waals surface area contributed by atoms with Crippen molar-refractivity contribution >= 4 is 17.9 Å². The van der Waals surface area contributed by atoms with E-state index in [2.05, 4.69) is 20.8 Å². The lowest BCUT2D eigenvalue weighted by molar-refractivity contribution is -0.142. The Kier molecular flexibility index (Phi) is 45.5. The van der Waals surface area contributed by atoms with E-state index in [-0.39, 0.29) is 17.9 Å². The SMILES string of the molecule is CCCCC(CC)C(=O)O.CCCCCCCCCCCCCCCCCC(=O)OC=COC(=O)CCCCCCCCCCCCCCCCC. The molecule has 0 fully saturated rings. The molecule has 308 valence electrons. The van der Waals surface area contributed by atoms with Crippen LogP contribution in [0.15, 0.2) is 12.5 Å². The van der Waals surface area contributed by atoms with Crippen molar-refractivity contribution in [2.45, 2.75) is 259 Å². The Balaban J connectivity index is 0. The first-order chi connectivity index (χ1) is 25.4. The molecule has 0 aromatic rings. The predicted molar refractivity (Wildman–Crippen MR) is 221 cm³/mol. The van der Waals surface area contributed by atoms with Crippen molar-refractivity contribution < 1.29 is 29.0 Å². The number of esters is 2. The number of rotatable bonds is 39. The Morgan fingerprint density at radius 1 is 0.404 bits per heavy atom. The van der Waals surface area contributed by atoms with Gasteiger partial charge in [0.2, 0.25) is 0 Å². The van der Waals surface area contributed by atoms with Gasteiger partial charge in [0.1, 0.15) is 12.5 Å². The second-order valence-electron chi connectivity index (χ2n) is 15.2. The van der Waals surface area contributed by atoms with Gasteiger partial charge in [-0.2, -0.15) is 0 Å². The highest BCUT2D eigenvalue weighted by Crippen LogP contribution is 2.16. The van der Waals surface area contributed by atoms with Crippen molar-refractivity contribution in [3.05, 3.63) is 12.5 Å². The van der Waals surface area contributed by atoms with Gasteiger partial charge in [0, 0.05) is 12.8 Å². The summed E-state index contributed by atoms with van der Waals surface area (Å²) in [6.07, 6.45) is 46.2. The van der Waals surface area contributed by atoms with E-state index < -0.39 is 5.97 Å². The number of ether oxygens (including phenoxy) is 2. The Labute approximate surface area is 323 Å². The summed E-state index contributed by atoms with van der Waals surface area (Å²) in [6, 6.07) is 0. The average Bonchev–Trinajstić information content (AvgIpc) is 3.13. The molecular weight excluding hydrogens is 648 g/mol. The molecule has 0 heterocycles. The molecule has 0 aliphatic carbocycles. The molecule has 0 aromatic carbocycles. The Morgan fingerprint density at radius 3 is 0.885 bits per heavy atom. The zero-order valence-electron chi connectivity index (χ0n) is 35.2. The molecule has 0 radical (unpaired) electrons. The molecule has 0 aliphatic rings. The first kappa shape index (κ1) is 52.3. The number of carbonyl (C=O) groups is 3. The highest BCUT2D eigenvalue weighted by atomic mass is 16.6. The molecule has 0 saturated carbocycles. The number of carboxylic acid groups (broad SMARTS) is 1. The molecule has 0 bridgehead atoms. The van der Waals surface area contributed by atoms with Crippen molar-refractivity contribution in [1.29, 1.82) is 0 Å². The lowest BCUT2D eigenvalue weighted by Crippen LogP contribution is -2.11. The van der Waals surface area contributed by atoms with E-state index in [4.69, 9.17) is 14.6 Å². The molecule has 1 unspecified atom stereocenters. The van der Waals surface area contributed by atoms with E-state index in [9.17, 15) is 14.4 Å². The van der Waals surface area contributed by atoms with Crippen LogP contribution in [0.5, 0.6) is 0 Å². The maximum atomic E-state index is 11.8. The summed E-state index contributed by atoms with van der Waals surface area (Å²) < 4.78 is 10.1. The summed E-state index contributed by atoms with van der Waals surface area (Å²) in [4.78, 5) is 34.1. The fourth-order valence-corrected chi connectivity index (χ4v) is 6.56. The lowest BCUT2D eigenvalue weighted by Gasteiger charge is -2.06. The number of unbranched alkanes of at least 4 members (excludes halogenated alkanes) is 29. The van der Waals surface area contributed by atoms with Crippen LogP contribution in [0, 0.1) is 5.92 Å². The Bertz CT molecular complexity index is 729. The van der Waals surface area contributed by atoms with Crippen LogP contribution in [0.3, 0.4) is 0 Å². The third-order valence-electron chi connectivity index (χ3n) is 10.2. The number of carboxylic acids is 1. The van der Waals surface area contributed by atoms with E-state index in [1.807, 2.05) is 6.92 Å². The van der Waals surface area contributed by atoms with Crippen LogP contribution >= 0.6 is 0 Å². The van der Waals surface area contributed by atoms with Crippen LogP contribution in [-0.2, 0) is 23.9 Å². The molecular formula is C46H88O6. The minimum atomic E-state index is -0.643. The number of aliphatic carboxylic acids is 1. The number of hydrogen-bond acceptors (Lipinski definition) is 5. The van der Waals surface area contributed by atoms with E-state index in [0.717, 1.165) is 51.4 Å². The fourth-order valence-electron chi connectivity index (χ4n) is 6.56. The second kappa shape index (κ2) is 45.3. The standard InChI is InChI=1S/C38H72O4.C8H16O2/c1-3-5-7-9-11-13-15-17-19-21-23-25-27-29-31-33-37(39)41-35-36-42-38(40)34-32-30-28-26-24-22-20-18-16-14-12-10-8-6-4-2;1-3-5-6-7(4-2)8(9)10/h35-36H,3-34H2,1-2H3;7H,3-6H2,1-2H3,(H,9,10). The minimum Gasteiger partial charge on any atom is -0.481 e. The zero-order chi connectivity index (χ0) is 38.6. The van der Waals surface area contributed by atoms with Gasteiger partial charge in [0.15, 0.2) is 0 Å². The van der Waals surface area contributed by atoms with Crippen LogP contribution in [0.25, 0.3) is 0 Å². The lowest BCUT2D eigenvalue weighted by atomic mass is 10.00. The topological polar surface area (TPSA) is 89.9 Å². The van der Waals surface area contributed by atoms with E-state index in [0.29, 0.717) is 12.8 Å². The van der Waals surface area contributed by atoms with Gasteiger partial charge < -0.3 is 14.6 Å². The van der Waals surface area contributed by atoms with Crippen LogP contribution in [0.4, 0.5) is 0 Å². The molecule has 1 atom stereocenters. The third kappa shape index (κ3) is 44.3. The van der Waals surface area contributed by atoms with Gasteiger partial charge in [-0.25, -0.2) is 0 Å². The van der Waals surface area contributed by atoms with Gasteiger partial charge in [-0.1, -0.05) is 220 Å². The van der Waals surface area contributed by atoms with Gasteiger partial charge in [-0.05, 0) is 25.7 Å². The highest BCUT2D eigenvalue weighted by Gasteiger charge is 2.13.